The fourth-order valence-electron chi connectivity index (χ4n) is 3.37. The summed E-state index contributed by atoms with van der Waals surface area (Å²) in [4.78, 5) is 7.74. The van der Waals surface area contributed by atoms with E-state index in [1.54, 1.807) is 0 Å². The molecule has 0 spiro atoms. The number of benzene rings is 1. The summed E-state index contributed by atoms with van der Waals surface area (Å²) in [7, 11) is 1.85. The Labute approximate surface area is 138 Å². The lowest BCUT2D eigenvalue weighted by Gasteiger charge is -2.11. The number of para-hydroxylation sites is 1. The van der Waals surface area contributed by atoms with Crippen LogP contribution in [0, 0.1) is 12.8 Å². The van der Waals surface area contributed by atoms with Gasteiger partial charge >= 0.3 is 0 Å². The van der Waals surface area contributed by atoms with E-state index in [9.17, 15) is 0 Å². The first-order valence-corrected chi connectivity index (χ1v) is 8.75. The summed E-state index contributed by atoms with van der Waals surface area (Å²) in [5.41, 5.74) is 3.92. The van der Waals surface area contributed by atoms with Gasteiger partial charge in [0.1, 0.15) is 0 Å². The summed E-state index contributed by atoms with van der Waals surface area (Å²) in [6.07, 6.45) is 7.01. The number of aliphatic imine (C=N–C) groups is 1. The number of aromatic amines is 1. The molecule has 1 saturated carbocycles. The highest BCUT2D eigenvalue weighted by Crippen LogP contribution is 2.34. The van der Waals surface area contributed by atoms with E-state index >= 15 is 0 Å². The first kappa shape index (κ1) is 15.9. The van der Waals surface area contributed by atoms with Gasteiger partial charge in [-0.2, -0.15) is 0 Å². The number of fused-ring (bicyclic) bond motifs is 1. The molecule has 3 N–H and O–H groups in total. The molecule has 124 valence electrons. The third-order valence-corrected chi connectivity index (χ3v) is 4.82. The van der Waals surface area contributed by atoms with Crippen molar-refractivity contribution in [1.29, 1.82) is 0 Å². The van der Waals surface area contributed by atoms with Gasteiger partial charge in [0.05, 0.1) is 0 Å². The van der Waals surface area contributed by atoms with Crippen LogP contribution in [-0.2, 0) is 6.42 Å². The van der Waals surface area contributed by atoms with E-state index in [1.807, 2.05) is 7.05 Å². The predicted molar refractivity (Wildman–Crippen MR) is 98.0 cm³/mol. The molecule has 0 aliphatic heterocycles. The molecule has 0 amide bonds. The number of hydrogen-bond donors (Lipinski definition) is 3. The molecule has 1 fully saturated rings. The lowest BCUT2D eigenvalue weighted by molar-refractivity contribution is 0.655. The van der Waals surface area contributed by atoms with Crippen molar-refractivity contribution in [3.05, 3.63) is 35.5 Å². The molecule has 1 aliphatic rings. The van der Waals surface area contributed by atoms with Gasteiger partial charge in [0.15, 0.2) is 5.96 Å². The molecule has 1 aliphatic carbocycles. The highest BCUT2D eigenvalue weighted by molar-refractivity contribution is 5.86. The van der Waals surface area contributed by atoms with Crippen LogP contribution in [0.2, 0.25) is 0 Å². The fourth-order valence-corrected chi connectivity index (χ4v) is 3.37. The van der Waals surface area contributed by atoms with Crippen LogP contribution >= 0.6 is 0 Å². The van der Waals surface area contributed by atoms with Crippen molar-refractivity contribution in [2.75, 3.05) is 13.6 Å². The van der Waals surface area contributed by atoms with Crippen LogP contribution in [0.3, 0.4) is 0 Å². The quantitative estimate of drug-likeness (QED) is 0.566. The first-order valence-electron chi connectivity index (χ1n) is 8.75. The van der Waals surface area contributed by atoms with E-state index in [4.69, 9.17) is 0 Å². The summed E-state index contributed by atoms with van der Waals surface area (Å²) in [5.74, 6) is 1.78. The van der Waals surface area contributed by atoms with E-state index in [0.717, 1.165) is 24.8 Å². The van der Waals surface area contributed by atoms with Crippen molar-refractivity contribution in [3.8, 4) is 0 Å². The zero-order valence-electron chi connectivity index (χ0n) is 14.4. The number of nitrogens with zero attached hydrogens (tertiary/aromatic N) is 1. The first-order chi connectivity index (χ1) is 11.2. The van der Waals surface area contributed by atoms with Crippen LogP contribution in [0.5, 0.6) is 0 Å². The monoisotopic (exact) mass is 312 g/mol. The van der Waals surface area contributed by atoms with Crippen molar-refractivity contribution in [1.82, 2.24) is 15.6 Å². The van der Waals surface area contributed by atoms with E-state index in [1.165, 1.54) is 41.3 Å². The molecule has 0 saturated heterocycles. The molecule has 1 aromatic heterocycles. The molecule has 4 nitrogen and oxygen atoms in total. The van der Waals surface area contributed by atoms with Gasteiger partial charge in [0.2, 0.25) is 0 Å². The van der Waals surface area contributed by atoms with E-state index in [-0.39, 0.29) is 0 Å². The summed E-state index contributed by atoms with van der Waals surface area (Å²) >= 11 is 0. The Morgan fingerprint density at radius 3 is 3.04 bits per heavy atom. The Bertz CT molecular complexity index is 686. The minimum atomic E-state index is 0.622. The van der Waals surface area contributed by atoms with E-state index < -0.39 is 0 Å². The second-order valence-corrected chi connectivity index (χ2v) is 6.60. The molecule has 2 unspecified atom stereocenters. The summed E-state index contributed by atoms with van der Waals surface area (Å²) in [6, 6.07) is 7.09. The van der Waals surface area contributed by atoms with Crippen molar-refractivity contribution in [2.45, 2.75) is 45.6 Å². The van der Waals surface area contributed by atoms with Gasteiger partial charge < -0.3 is 15.6 Å². The molecule has 2 atom stereocenters. The molecular formula is C19H28N4. The minimum absolute atomic E-state index is 0.622. The Morgan fingerprint density at radius 1 is 1.39 bits per heavy atom. The van der Waals surface area contributed by atoms with Gasteiger partial charge in [-0.25, -0.2) is 0 Å². The van der Waals surface area contributed by atoms with Crippen LogP contribution in [-0.4, -0.2) is 30.6 Å². The molecular weight excluding hydrogens is 284 g/mol. The molecule has 4 heteroatoms. The molecule has 0 radical (unpaired) electrons. The van der Waals surface area contributed by atoms with Crippen LogP contribution in [0.25, 0.3) is 10.9 Å². The van der Waals surface area contributed by atoms with Crippen LogP contribution < -0.4 is 10.6 Å². The van der Waals surface area contributed by atoms with Crippen molar-refractivity contribution < 1.29 is 0 Å². The van der Waals surface area contributed by atoms with Gasteiger partial charge in [-0.1, -0.05) is 31.5 Å². The van der Waals surface area contributed by atoms with Gasteiger partial charge in [0.25, 0.3) is 0 Å². The van der Waals surface area contributed by atoms with Gasteiger partial charge in [-0.05, 0) is 43.2 Å². The number of nitrogens with one attached hydrogen (secondary N) is 3. The molecule has 23 heavy (non-hydrogen) atoms. The van der Waals surface area contributed by atoms with Gasteiger partial charge in [-0.3, -0.25) is 4.99 Å². The molecule has 2 aromatic rings. The Balaban J connectivity index is 1.51. The van der Waals surface area contributed by atoms with Gasteiger partial charge in [-0.15, -0.1) is 0 Å². The van der Waals surface area contributed by atoms with E-state index in [2.05, 4.69) is 58.9 Å². The number of aryl methyl sites for hydroxylation is 1. The molecule has 1 aromatic carbocycles. The number of H-pyrrole nitrogens is 1. The number of rotatable bonds is 6. The number of guanidine groups is 1. The lowest BCUT2D eigenvalue weighted by Crippen LogP contribution is -2.40. The Morgan fingerprint density at radius 2 is 2.26 bits per heavy atom. The standard InChI is InChI=1S/C19H28N4/c1-4-6-14-11-17(14)23-19(20-3)21-10-9-15-12-22-18-13(2)7-5-8-16(15)18/h5,7-8,12,14,17,22H,4,6,9-11H2,1-3H3,(H2,20,21,23). The molecule has 3 rings (SSSR count). The second-order valence-electron chi connectivity index (χ2n) is 6.60. The van der Waals surface area contributed by atoms with Crippen molar-refractivity contribution in [3.63, 3.8) is 0 Å². The van der Waals surface area contributed by atoms with Crippen LogP contribution in [0.15, 0.2) is 29.4 Å². The number of aromatic nitrogens is 1. The Kier molecular flexibility index (Phi) is 4.89. The summed E-state index contributed by atoms with van der Waals surface area (Å²) < 4.78 is 0. The van der Waals surface area contributed by atoms with Crippen molar-refractivity contribution >= 4 is 16.9 Å². The topological polar surface area (TPSA) is 52.2 Å². The largest absolute Gasteiger partial charge is 0.361 e. The average Bonchev–Trinajstić information content (AvgIpc) is 3.14. The number of hydrogen-bond acceptors (Lipinski definition) is 1. The zero-order valence-corrected chi connectivity index (χ0v) is 14.4. The molecule has 0 bridgehead atoms. The maximum absolute atomic E-state index is 4.34. The minimum Gasteiger partial charge on any atom is -0.361 e. The smallest absolute Gasteiger partial charge is 0.191 e. The second kappa shape index (κ2) is 7.07. The highest BCUT2D eigenvalue weighted by Gasteiger charge is 2.36. The highest BCUT2D eigenvalue weighted by atomic mass is 15.2. The third kappa shape index (κ3) is 3.69. The fraction of sp³-hybridized carbons (Fsp3) is 0.526. The Hall–Kier alpha value is -1.97. The maximum Gasteiger partial charge on any atom is 0.191 e. The lowest BCUT2D eigenvalue weighted by atomic mass is 10.1. The van der Waals surface area contributed by atoms with E-state index in [0.29, 0.717) is 6.04 Å². The average molecular weight is 312 g/mol. The van der Waals surface area contributed by atoms with Crippen LogP contribution in [0.4, 0.5) is 0 Å². The normalized spacial score (nSPS) is 20.7. The SMILES string of the molecule is CCCC1CC1NC(=NC)NCCc1c[nH]c2c(C)cccc12. The molecule has 1 heterocycles. The van der Waals surface area contributed by atoms with Crippen LogP contribution in [0.1, 0.15) is 37.3 Å². The zero-order chi connectivity index (χ0) is 16.2. The van der Waals surface area contributed by atoms with Gasteiger partial charge in [0, 0.05) is 36.7 Å². The summed E-state index contributed by atoms with van der Waals surface area (Å²) in [5, 5.41) is 8.31. The maximum atomic E-state index is 4.34. The predicted octanol–water partition coefficient (Wildman–Crippen LogP) is 3.37. The summed E-state index contributed by atoms with van der Waals surface area (Å²) in [6.45, 7) is 5.30. The third-order valence-electron chi connectivity index (χ3n) is 4.82. The van der Waals surface area contributed by atoms with Crippen molar-refractivity contribution in [2.24, 2.45) is 10.9 Å².